The highest BCUT2D eigenvalue weighted by atomic mass is 16.5. The van der Waals surface area contributed by atoms with E-state index in [1.165, 1.54) is 7.11 Å². The van der Waals surface area contributed by atoms with E-state index in [9.17, 15) is 4.79 Å². The fourth-order valence-corrected chi connectivity index (χ4v) is 1.92. The molecule has 0 saturated carbocycles. The Morgan fingerprint density at radius 1 is 1.58 bits per heavy atom. The van der Waals surface area contributed by atoms with Crippen molar-refractivity contribution >= 4 is 6.09 Å². The number of likely N-dealkylation sites (tertiary alicyclic amines) is 1. The van der Waals surface area contributed by atoms with Gasteiger partial charge in [-0.2, -0.15) is 0 Å². The van der Waals surface area contributed by atoms with Gasteiger partial charge < -0.3 is 14.4 Å². The molecule has 68 valence electrons. The molecule has 0 bridgehead atoms. The van der Waals surface area contributed by atoms with Crippen LogP contribution in [0.3, 0.4) is 0 Å². The van der Waals surface area contributed by atoms with Crippen molar-refractivity contribution in [1.82, 2.24) is 4.90 Å². The average molecular weight is 171 g/mol. The van der Waals surface area contributed by atoms with Crippen molar-refractivity contribution in [2.75, 3.05) is 33.4 Å². The molecular formula is C8H13NO3. The van der Waals surface area contributed by atoms with E-state index in [0.717, 1.165) is 32.7 Å². The quantitative estimate of drug-likeness (QED) is 0.532. The molecule has 4 heteroatoms. The molecule has 2 saturated heterocycles. The standard InChI is InChI=1S/C8H13NO3/c1-11-7(10)9-4-8(5-9)2-3-12-6-8/h2-6H2,1H3. The number of hydrogen-bond donors (Lipinski definition) is 0. The lowest BCUT2D eigenvalue weighted by Gasteiger charge is -2.45. The number of amides is 1. The molecular weight excluding hydrogens is 158 g/mol. The van der Waals surface area contributed by atoms with Gasteiger partial charge in [0, 0.05) is 25.1 Å². The SMILES string of the molecule is COC(=O)N1CC2(CCOC2)C1. The van der Waals surface area contributed by atoms with Gasteiger partial charge in [-0.05, 0) is 6.42 Å². The van der Waals surface area contributed by atoms with E-state index in [1.54, 1.807) is 4.90 Å². The number of methoxy groups -OCH3 is 1. The van der Waals surface area contributed by atoms with Crippen LogP contribution in [0, 0.1) is 5.41 Å². The largest absolute Gasteiger partial charge is 0.453 e. The van der Waals surface area contributed by atoms with Crippen LogP contribution in [0.4, 0.5) is 4.79 Å². The number of carbonyl (C=O) groups excluding carboxylic acids is 1. The fraction of sp³-hybridized carbons (Fsp3) is 0.875. The minimum Gasteiger partial charge on any atom is -0.453 e. The first kappa shape index (κ1) is 7.86. The molecule has 2 fully saturated rings. The zero-order valence-corrected chi connectivity index (χ0v) is 7.21. The Kier molecular flexibility index (Phi) is 1.72. The maximum absolute atomic E-state index is 11.0. The van der Waals surface area contributed by atoms with E-state index in [2.05, 4.69) is 4.74 Å². The van der Waals surface area contributed by atoms with Crippen LogP contribution in [0.5, 0.6) is 0 Å². The van der Waals surface area contributed by atoms with Gasteiger partial charge in [-0.15, -0.1) is 0 Å². The molecule has 0 radical (unpaired) electrons. The number of ether oxygens (including phenoxy) is 2. The van der Waals surface area contributed by atoms with Crippen LogP contribution in [0.25, 0.3) is 0 Å². The van der Waals surface area contributed by atoms with E-state index in [1.807, 2.05) is 0 Å². The minimum absolute atomic E-state index is 0.215. The average Bonchev–Trinajstić information content (AvgIpc) is 2.48. The van der Waals surface area contributed by atoms with Gasteiger partial charge in [0.15, 0.2) is 0 Å². The van der Waals surface area contributed by atoms with Crippen molar-refractivity contribution in [3.63, 3.8) is 0 Å². The van der Waals surface area contributed by atoms with Crippen molar-refractivity contribution in [2.24, 2.45) is 5.41 Å². The summed E-state index contributed by atoms with van der Waals surface area (Å²) in [5.74, 6) is 0. The zero-order valence-electron chi connectivity index (χ0n) is 7.21. The van der Waals surface area contributed by atoms with Gasteiger partial charge in [-0.3, -0.25) is 0 Å². The van der Waals surface area contributed by atoms with Crippen LogP contribution in [-0.4, -0.2) is 44.4 Å². The molecule has 0 atom stereocenters. The topological polar surface area (TPSA) is 38.8 Å². The van der Waals surface area contributed by atoms with Crippen molar-refractivity contribution in [2.45, 2.75) is 6.42 Å². The second kappa shape index (κ2) is 2.62. The molecule has 2 heterocycles. The molecule has 2 aliphatic heterocycles. The highest BCUT2D eigenvalue weighted by Gasteiger charge is 2.48. The summed E-state index contributed by atoms with van der Waals surface area (Å²) < 4.78 is 9.89. The summed E-state index contributed by atoms with van der Waals surface area (Å²) >= 11 is 0. The van der Waals surface area contributed by atoms with E-state index in [0.29, 0.717) is 0 Å². The summed E-state index contributed by atoms with van der Waals surface area (Å²) in [7, 11) is 1.42. The van der Waals surface area contributed by atoms with E-state index in [-0.39, 0.29) is 11.5 Å². The lowest BCUT2D eigenvalue weighted by atomic mass is 9.80. The molecule has 2 aliphatic rings. The third-order valence-electron chi connectivity index (χ3n) is 2.67. The summed E-state index contributed by atoms with van der Waals surface area (Å²) in [6, 6.07) is 0. The Balaban J connectivity index is 1.86. The fourth-order valence-electron chi connectivity index (χ4n) is 1.92. The van der Waals surface area contributed by atoms with Crippen LogP contribution < -0.4 is 0 Å². The molecule has 0 aromatic heterocycles. The second-order valence-electron chi connectivity index (χ2n) is 3.63. The smallest absolute Gasteiger partial charge is 0.409 e. The summed E-state index contributed by atoms with van der Waals surface area (Å²) in [5.41, 5.74) is 0.272. The zero-order chi connectivity index (χ0) is 8.60. The molecule has 0 aromatic rings. The lowest BCUT2D eigenvalue weighted by Crippen LogP contribution is -2.58. The Morgan fingerprint density at radius 3 is 2.83 bits per heavy atom. The summed E-state index contributed by atoms with van der Waals surface area (Å²) in [6.07, 6.45) is 0.869. The van der Waals surface area contributed by atoms with Crippen LogP contribution in [-0.2, 0) is 9.47 Å². The van der Waals surface area contributed by atoms with Crippen molar-refractivity contribution < 1.29 is 14.3 Å². The molecule has 4 nitrogen and oxygen atoms in total. The van der Waals surface area contributed by atoms with E-state index >= 15 is 0 Å². The van der Waals surface area contributed by atoms with Crippen LogP contribution >= 0.6 is 0 Å². The maximum atomic E-state index is 11.0. The Hall–Kier alpha value is -0.770. The highest BCUT2D eigenvalue weighted by molar-refractivity contribution is 5.68. The first-order valence-corrected chi connectivity index (χ1v) is 4.16. The van der Waals surface area contributed by atoms with Gasteiger partial charge in [-0.25, -0.2) is 4.79 Å². The maximum Gasteiger partial charge on any atom is 0.409 e. The molecule has 1 spiro atoms. The normalized spacial score (nSPS) is 25.6. The monoisotopic (exact) mass is 171 g/mol. The number of nitrogens with zero attached hydrogens (tertiary/aromatic N) is 1. The number of rotatable bonds is 0. The molecule has 12 heavy (non-hydrogen) atoms. The first-order chi connectivity index (χ1) is 5.76. The van der Waals surface area contributed by atoms with Crippen LogP contribution in [0.15, 0.2) is 0 Å². The first-order valence-electron chi connectivity index (χ1n) is 4.16. The van der Waals surface area contributed by atoms with Gasteiger partial charge in [0.05, 0.1) is 13.7 Å². The Bertz CT molecular complexity index is 190. The summed E-state index contributed by atoms with van der Waals surface area (Å²) in [4.78, 5) is 12.7. The molecule has 0 aromatic carbocycles. The highest BCUT2D eigenvalue weighted by Crippen LogP contribution is 2.38. The Morgan fingerprint density at radius 2 is 2.33 bits per heavy atom. The molecule has 0 N–H and O–H groups in total. The second-order valence-corrected chi connectivity index (χ2v) is 3.63. The summed E-state index contributed by atoms with van der Waals surface area (Å²) in [6.45, 7) is 3.26. The summed E-state index contributed by atoms with van der Waals surface area (Å²) in [5, 5.41) is 0. The molecule has 1 amide bonds. The molecule has 2 rings (SSSR count). The number of hydrogen-bond acceptors (Lipinski definition) is 3. The van der Waals surface area contributed by atoms with Crippen molar-refractivity contribution in [3.05, 3.63) is 0 Å². The van der Waals surface area contributed by atoms with Crippen LogP contribution in [0.2, 0.25) is 0 Å². The molecule has 0 aliphatic carbocycles. The predicted molar refractivity (Wildman–Crippen MR) is 41.8 cm³/mol. The lowest BCUT2D eigenvalue weighted by molar-refractivity contribution is -0.00267. The van der Waals surface area contributed by atoms with Gasteiger partial charge in [0.25, 0.3) is 0 Å². The number of carbonyl (C=O) groups is 1. The third kappa shape index (κ3) is 1.06. The predicted octanol–water partition coefficient (Wildman–Crippen LogP) is 0.475. The minimum atomic E-state index is -0.215. The van der Waals surface area contributed by atoms with E-state index < -0.39 is 0 Å². The van der Waals surface area contributed by atoms with Gasteiger partial charge in [-0.1, -0.05) is 0 Å². The van der Waals surface area contributed by atoms with Gasteiger partial charge in [0.2, 0.25) is 0 Å². The van der Waals surface area contributed by atoms with E-state index in [4.69, 9.17) is 4.74 Å². The Labute approximate surface area is 71.4 Å². The van der Waals surface area contributed by atoms with Crippen molar-refractivity contribution in [3.8, 4) is 0 Å². The third-order valence-corrected chi connectivity index (χ3v) is 2.67. The van der Waals surface area contributed by atoms with Crippen LogP contribution in [0.1, 0.15) is 6.42 Å². The van der Waals surface area contributed by atoms with Gasteiger partial charge >= 0.3 is 6.09 Å². The molecule has 0 unspecified atom stereocenters. The van der Waals surface area contributed by atoms with Gasteiger partial charge in [0.1, 0.15) is 0 Å². The van der Waals surface area contributed by atoms with Crippen molar-refractivity contribution in [1.29, 1.82) is 0 Å².